The fourth-order valence-electron chi connectivity index (χ4n) is 3.53. The summed E-state index contributed by atoms with van der Waals surface area (Å²) in [4.78, 5) is 26.1. The third-order valence-corrected chi connectivity index (χ3v) is 7.70. The highest BCUT2D eigenvalue weighted by Gasteiger charge is 2.34. The number of sulfone groups is 1. The number of hydrogen-bond acceptors (Lipinski definition) is 4. The van der Waals surface area contributed by atoms with Gasteiger partial charge in [-0.25, -0.2) is 8.42 Å². The molecule has 0 bridgehead atoms. The van der Waals surface area contributed by atoms with Crippen LogP contribution in [0.15, 0.2) is 119 Å². The van der Waals surface area contributed by atoms with Gasteiger partial charge < -0.3 is 0 Å². The van der Waals surface area contributed by atoms with E-state index in [0.717, 1.165) is 0 Å². The molecule has 0 aliphatic heterocycles. The zero-order valence-corrected chi connectivity index (χ0v) is 21.7. The molecule has 0 saturated carbocycles. The Hall–Kier alpha value is -3.77. The van der Waals surface area contributed by atoms with Crippen LogP contribution in [-0.2, 0) is 9.84 Å². The normalized spacial score (nSPS) is 12.3. The summed E-state index contributed by atoms with van der Waals surface area (Å²) in [6.07, 6.45) is 2.52. The topological polar surface area (TPSA) is 68.3 Å². The van der Waals surface area contributed by atoms with Crippen molar-refractivity contribution in [2.45, 2.75) is 0 Å². The molecule has 0 aliphatic rings. The predicted octanol–water partition coefficient (Wildman–Crippen LogP) is 7.56. The average Bonchev–Trinajstić information content (AvgIpc) is 2.92. The Balaban J connectivity index is 1.94. The smallest absolute Gasteiger partial charge is 0.214 e. The zero-order valence-electron chi connectivity index (χ0n) is 19.3. The van der Waals surface area contributed by atoms with Crippen LogP contribution in [0, 0.1) is 0 Å². The van der Waals surface area contributed by atoms with E-state index in [9.17, 15) is 18.0 Å². The van der Waals surface area contributed by atoms with E-state index in [4.69, 9.17) is 23.2 Å². The Morgan fingerprint density at radius 3 is 1.16 bits per heavy atom. The van der Waals surface area contributed by atoms with Crippen LogP contribution in [-0.4, -0.2) is 20.0 Å². The van der Waals surface area contributed by atoms with E-state index in [2.05, 4.69) is 0 Å². The number of ketones is 2. The molecule has 0 N–H and O–H groups in total. The van der Waals surface area contributed by atoms with Crippen molar-refractivity contribution in [3.05, 3.63) is 151 Å². The molecule has 0 heterocycles. The molecule has 0 amide bonds. The van der Waals surface area contributed by atoms with Gasteiger partial charge in [-0.2, -0.15) is 0 Å². The third kappa shape index (κ3) is 6.33. The monoisotopic (exact) mass is 546 g/mol. The molecule has 184 valence electrons. The number of Topliss-reactive ketones (excluding diaryl/α,β-unsaturated/α-hetero) is 2. The molecule has 0 aliphatic carbocycles. The highest BCUT2D eigenvalue weighted by atomic mass is 35.5. The van der Waals surface area contributed by atoms with E-state index in [1.165, 1.54) is 36.4 Å². The van der Waals surface area contributed by atoms with Gasteiger partial charge in [-0.1, -0.05) is 108 Å². The first-order valence-electron chi connectivity index (χ1n) is 11.1. The van der Waals surface area contributed by atoms with E-state index in [-0.39, 0.29) is 11.1 Å². The molecule has 4 aromatic rings. The van der Waals surface area contributed by atoms with Crippen LogP contribution in [0.25, 0.3) is 12.2 Å². The largest absolute Gasteiger partial charge is 0.288 e. The lowest BCUT2D eigenvalue weighted by atomic mass is 10.1. The summed E-state index contributed by atoms with van der Waals surface area (Å²) in [5.74, 6) is -1.48. The Morgan fingerprint density at radius 2 is 0.838 bits per heavy atom. The zero-order chi connectivity index (χ0) is 26.4. The molecule has 0 saturated heterocycles. The van der Waals surface area contributed by atoms with Crippen molar-refractivity contribution in [3.8, 4) is 0 Å². The summed E-state index contributed by atoms with van der Waals surface area (Å²) in [5, 5.41) is 0.914. The molecule has 0 atom stereocenters. The van der Waals surface area contributed by atoms with Crippen LogP contribution in [0.5, 0.6) is 0 Å². The summed E-state index contributed by atoms with van der Waals surface area (Å²) in [6.45, 7) is 0. The van der Waals surface area contributed by atoms with E-state index < -0.39 is 31.2 Å². The first kappa shape index (κ1) is 26.3. The molecule has 0 spiro atoms. The lowest BCUT2D eigenvalue weighted by Gasteiger charge is -2.13. The average molecular weight is 547 g/mol. The SMILES string of the molecule is O=C(/C(=C/c1ccc(Cl)cc1)S(=O)(=O)/C(=C/c1ccc(Cl)cc1)C(=O)c1ccccc1)c1ccccc1. The lowest BCUT2D eigenvalue weighted by molar-refractivity contribution is 0.103. The maximum Gasteiger partial charge on any atom is 0.214 e. The van der Waals surface area contributed by atoms with Crippen molar-refractivity contribution in [1.29, 1.82) is 0 Å². The minimum Gasteiger partial charge on any atom is -0.288 e. The number of halogens is 2. The first-order valence-corrected chi connectivity index (χ1v) is 13.4. The van der Waals surface area contributed by atoms with Crippen molar-refractivity contribution in [1.82, 2.24) is 0 Å². The Bertz CT molecular complexity index is 1470. The fraction of sp³-hybridized carbons (Fsp3) is 0. The van der Waals surface area contributed by atoms with Crippen molar-refractivity contribution < 1.29 is 18.0 Å². The standard InChI is InChI=1S/C30H20Cl2O4S/c31-25-15-11-21(12-16-25)19-27(29(33)23-7-3-1-4-8-23)37(35,36)28(20-22-13-17-26(32)18-14-22)30(34)24-9-5-2-6-10-24/h1-20H/b27-19-,28-20+. The highest BCUT2D eigenvalue weighted by Crippen LogP contribution is 2.29. The summed E-state index contributed by atoms with van der Waals surface area (Å²) in [7, 11) is -4.62. The van der Waals surface area contributed by atoms with Gasteiger partial charge in [0.2, 0.25) is 21.4 Å². The third-order valence-electron chi connectivity index (χ3n) is 5.43. The highest BCUT2D eigenvalue weighted by molar-refractivity contribution is 8.01. The van der Waals surface area contributed by atoms with Gasteiger partial charge in [0.05, 0.1) is 0 Å². The van der Waals surface area contributed by atoms with E-state index in [0.29, 0.717) is 21.2 Å². The molecule has 0 aromatic heterocycles. The molecule has 37 heavy (non-hydrogen) atoms. The van der Waals surface area contributed by atoms with Crippen molar-refractivity contribution in [3.63, 3.8) is 0 Å². The number of carbonyl (C=O) groups excluding carboxylic acids is 2. The van der Waals surface area contributed by atoms with Gasteiger partial charge in [-0.15, -0.1) is 0 Å². The van der Waals surface area contributed by atoms with Gasteiger partial charge in [0.15, 0.2) is 0 Å². The maximum atomic E-state index is 14.2. The number of hydrogen-bond donors (Lipinski definition) is 0. The molecule has 4 aromatic carbocycles. The summed E-state index contributed by atoms with van der Waals surface area (Å²) in [5.41, 5.74) is 1.21. The molecule has 7 heteroatoms. The second kappa shape index (κ2) is 11.5. The number of benzene rings is 4. The van der Waals surface area contributed by atoms with Crippen LogP contribution in [0.2, 0.25) is 10.0 Å². The van der Waals surface area contributed by atoms with Crippen molar-refractivity contribution >= 4 is 56.8 Å². The fourth-order valence-corrected chi connectivity index (χ4v) is 5.33. The molecule has 4 nitrogen and oxygen atoms in total. The van der Waals surface area contributed by atoms with Crippen LogP contribution >= 0.6 is 23.2 Å². The Kier molecular flexibility index (Phi) is 8.19. The molecule has 4 rings (SSSR count). The number of allylic oxidation sites excluding steroid dienone is 2. The van der Waals surface area contributed by atoms with Gasteiger partial charge in [0.25, 0.3) is 0 Å². The van der Waals surface area contributed by atoms with Gasteiger partial charge in [0, 0.05) is 21.2 Å². The Morgan fingerprint density at radius 1 is 0.514 bits per heavy atom. The predicted molar refractivity (Wildman–Crippen MR) is 149 cm³/mol. The van der Waals surface area contributed by atoms with Crippen molar-refractivity contribution in [2.75, 3.05) is 0 Å². The van der Waals surface area contributed by atoms with E-state index in [1.54, 1.807) is 84.9 Å². The van der Waals surface area contributed by atoms with E-state index >= 15 is 0 Å². The number of carbonyl (C=O) groups is 2. The van der Waals surface area contributed by atoms with Gasteiger partial charge in [-0.05, 0) is 47.5 Å². The molecule has 0 fully saturated rings. The quantitative estimate of drug-likeness (QED) is 0.169. The number of rotatable bonds is 8. The minimum atomic E-state index is -4.62. The van der Waals surface area contributed by atoms with Gasteiger partial charge >= 0.3 is 0 Å². The van der Waals surface area contributed by atoms with Crippen LogP contribution in [0.4, 0.5) is 0 Å². The van der Waals surface area contributed by atoms with Crippen LogP contribution in [0.1, 0.15) is 31.8 Å². The first-order chi connectivity index (χ1) is 17.8. The minimum absolute atomic E-state index is 0.171. The van der Waals surface area contributed by atoms with E-state index in [1.807, 2.05) is 0 Å². The van der Waals surface area contributed by atoms with Crippen molar-refractivity contribution in [2.24, 2.45) is 0 Å². The molecular formula is C30H20Cl2O4S. The second-order valence-corrected chi connectivity index (χ2v) is 10.8. The van der Waals surface area contributed by atoms with Crippen LogP contribution in [0.3, 0.4) is 0 Å². The molecule has 0 radical (unpaired) electrons. The summed E-state index contributed by atoms with van der Waals surface area (Å²) in [6, 6.07) is 28.8. The lowest BCUT2D eigenvalue weighted by Crippen LogP contribution is -2.20. The summed E-state index contributed by atoms with van der Waals surface area (Å²) >= 11 is 12.0. The van der Waals surface area contributed by atoms with Gasteiger partial charge in [-0.3, -0.25) is 9.59 Å². The maximum absolute atomic E-state index is 14.2. The second-order valence-electron chi connectivity index (χ2n) is 8.01. The van der Waals surface area contributed by atoms with Crippen LogP contribution < -0.4 is 0 Å². The Labute approximate surface area is 225 Å². The molecular weight excluding hydrogens is 527 g/mol. The summed E-state index contributed by atoms with van der Waals surface area (Å²) < 4.78 is 28.3. The van der Waals surface area contributed by atoms with Gasteiger partial charge in [0.1, 0.15) is 9.81 Å². The molecule has 0 unspecified atom stereocenters.